The smallest absolute Gasteiger partial charge is 0.233 e. The molecular formula is C15H24N2O2. The van der Waals surface area contributed by atoms with Crippen LogP contribution in [-0.2, 0) is 9.53 Å². The minimum absolute atomic E-state index is 0.0232. The van der Waals surface area contributed by atoms with E-state index in [1.165, 1.54) is 11.1 Å². The SMILES string of the molecule is COCCCNC(=O)CNC(C)c1ccc(C)cc1. The lowest BCUT2D eigenvalue weighted by Crippen LogP contribution is -2.35. The second kappa shape index (κ2) is 8.67. The Kier molecular flexibility index (Phi) is 7.15. The number of hydrogen-bond donors (Lipinski definition) is 2. The van der Waals surface area contributed by atoms with Gasteiger partial charge in [0.05, 0.1) is 6.54 Å². The summed E-state index contributed by atoms with van der Waals surface area (Å²) in [4.78, 5) is 11.6. The fourth-order valence-corrected chi connectivity index (χ4v) is 1.73. The summed E-state index contributed by atoms with van der Waals surface area (Å²) in [5.41, 5.74) is 2.43. The lowest BCUT2D eigenvalue weighted by atomic mass is 10.1. The van der Waals surface area contributed by atoms with Crippen molar-refractivity contribution in [3.05, 3.63) is 35.4 Å². The molecule has 1 aromatic carbocycles. The molecule has 4 heteroatoms. The zero-order valence-corrected chi connectivity index (χ0v) is 12.0. The van der Waals surface area contributed by atoms with Crippen LogP contribution in [-0.4, -0.2) is 32.7 Å². The lowest BCUT2D eigenvalue weighted by Gasteiger charge is -2.14. The van der Waals surface area contributed by atoms with Crippen LogP contribution in [0.15, 0.2) is 24.3 Å². The highest BCUT2D eigenvalue weighted by Crippen LogP contribution is 2.12. The van der Waals surface area contributed by atoms with Crippen molar-refractivity contribution in [2.24, 2.45) is 0 Å². The largest absolute Gasteiger partial charge is 0.385 e. The number of carbonyl (C=O) groups excluding carboxylic acids is 1. The standard InChI is InChI=1S/C15H24N2O2/c1-12-5-7-14(8-6-12)13(2)17-11-15(18)16-9-4-10-19-3/h5-8,13,17H,4,9-11H2,1-3H3,(H,16,18). The third-order valence-corrected chi connectivity index (χ3v) is 2.99. The van der Waals surface area contributed by atoms with Gasteiger partial charge in [-0.05, 0) is 25.8 Å². The summed E-state index contributed by atoms with van der Waals surface area (Å²) in [6.45, 7) is 5.79. The molecule has 0 saturated heterocycles. The number of benzene rings is 1. The number of nitrogens with one attached hydrogen (secondary N) is 2. The quantitative estimate of drug-likeness (QED) is 0.704. The minimum atomic E-state index is 0.0232. The van der Waals surface area contributed by atoms with Crippen LogP contribution in [0.2, 0.25) is 0 Å². The number of aryl methyl sites for hydroxylation is 1. The van der Waals surface area contributed by atoms with Gasteiger partial charge >= 0.3 is 0 Å². The van der Waals surface area contributed by atoms with Gasteiger partial charge in [-0.25, -0.2) is 0 Å². The van der Waals surface area contributed by atoms with Crippen molar-refractivity contribution in [1.29, 1.82) is 0 Å². The summed E-state index contributed by atoms with van der Waals surface area (Å²) in [7, 11) is 1.66. The summed E-state index contributed by atoms with van der Waals surface area (Å²) in [6.07, 6.45) is 0.843. The molecule has 2 N–H and O–H groups in total. The Morgan fingerprint density at radius 3 is 2.63 bits per heavy atom. The van der Waals surface area contributed by atoms with E-state index < -0.39 is 0 Å². The van der Waals surface area contributed by atoms with Crippen molar-refractivity contribution < 1.29 is 9.53 Å². The van der Waals surface area contributed by atoms with Gasteiger partial charge in [0.25, 0.3) is 0 Å². The fraction of sp³-hybridized carbons (Fsp3) is 0.533. The maximum Gasteiger partial charge on any atom is 0.233 e. The molecule has 1 rings (SSSR count). The number of carbonyl (C=O) groups is 1. The molecular weight excluding hydrogens is 240 g/mol. The van der Waals surface area contributed by atoms with Crippen LogP contribution in [0.5, 0.6) is 0 Å². The Morgan fingerprint density at radius 2 is 2.00 bits per heavy atom. The molecule has 0 radical (unpaired) electrons. The van der Waals surface area contributed by atoms with Crippen LogP contribution in [0.3, 0.4) is 0 Å². The van der Waals surface area contributed by atoms with Gasteiger partial charge in [0.1, 0.15) is 0 Å². The van der Waals surface area contributed by atoms with Crippen LogP contribution in [0.4, 0.5) is 0 Å². The molecule has 0 heterocycles. The number of hydrogen-bond acceptors (Lipinski definition) is 3. The molecule has 4 nitrogen and oxygen atoms in total. The monoisotopic (exact) mass is 264 g/mol. The van der Waals surface area contributed by atoms with E-state index in [-0.39, 0.29) is 11.9 Å². The Hall–Kier alpha value is -1.39. The van der Waals surface area contributed by atoms with Gasteiger partial charge in [0.15, 0.2) is 0 Å². The third-order valence-electron chi connectivity index (χ3n) is 2.99. The van der Waals surface area contributed by atoms with Crippen molar-refractivity contribution in [3.63, 3.8) is 0 Å². The maximum absolute atomic E-state index is 11.6. The second-order valence-electron chi connectivity index (χ2n) is 4.71. The van der Waals surface area contributed by atoms with E-state index in [0.29, 0.717) is 19.7 Å². The van der Waals surface area contributed by atoms with E-state index in [9.17, 15) is 4.79 Å². The summed E-state index contributed by atoms with van der Waals surface area (Å²) in [6, 6.07) is 8.51. The van der Waals surface area contributed by atoms with Gasteiger partial charge in [0, 0.05) is 26.3 Å². The Morgan fingerprint density at radius 1 is 1.32 bits per heavy atom. The fourth-order valence-electron chi connectivity index (χ4n) is 1.73. The average molecular weight is 264 g/mol. The van der Waals surface area contributed by atoms with Gasteiger partial charge in [-0.2, -0.15) is 0 Å². The zero-order chi connectivity index (χ0) is 14.1. The van der Waals surface area contributed by atoms with Crippen molar-refractivity contribution in [2.75, 3.05) is 26.8 Å². The predicted octanol–water partition coefficient (Wildman–Crippen LogP) is 1.80. The predicted molar refractivity (Wildman–Crippen MR) is 77.1 cm³/mol. The van der Waals surface area contributed by atoms with Crippen LogP contribution in [0.1, 0.15) is 30.5 Å². The molecule has 1 unspecified atom stereocenters. The molecule has 0 aliphatic rings. The molecule has 1 atom stereocenters. The molecule has 0 bridgehead atoms. The molecule has 0 aromatic heterocycles. The van der Waals surface area contributed by atoms with E-state index in [0.717, 1.165) is 6.42 Å². The van der Waals surface area contributed by atoms with Gasteiger partial charge in [-0.1, -0.05) is 29.8 Å². The Labute approximate surface area is 115 Å². The summed E-state index contributed by atoms with van der Waals surface area (Å²) in [5.74, 6) is 0.0232. The van der Waals surface area contributed by atoms with E-state index >= 15 is 0 Å². The van der Waals surface area contributed by atoms with Crippen LogP contribution >= 0.6 is 0 Å². The van der Waals surface area contributed by atoms with Gasteiger partial charge in [-0.15, -0.1) is 0 Å². The van der Waals surface area contributed by atoms with Gasteiger partial charge in [-0.3, -0.25) is 4.79 Å². The first kappa shape index (κ1) is 15.7. The normalized spacial score (nSPS) is 12.2. The number of amides is 1. The first-order valence-corrected chi connectivity index (χ1v) is 6.69. The van der Waals surface area contributed by atoms with Crippen molar-refractivity contribution >= 4 is 5.91 Å². The molecule has 1 amide bonds. The van der Waals surface area contributed by atoms with Gasteiger partial charge < -0.3 is 15.4 Å². The van der Waals surface area contributed by atoms with Crippen LogP contribution in [0, 0.1) is 6.92 Å². The van der Waals surface area contributed by atoms with Crippen LogP contribution < -0.4 is 10.6 Å². The lowest BCUT2D eigenvalue weighted by molar-refractivity contribution is -0.120. The average Bonchev–Trinajstić information content (AvgIpc) is 2.42. The highest BCUT2D eigenvalue weighted by atomic mass is 16.5. The summed E-state index contributed by atoms with van der Waals surface area (Å²) in [5, 5.41) is 6.07. The van der Waals surface area contributed by atoms with Gasteiger partial charge in [0.2, 0.25) is 5.91 Å². The van der Waals surface area contributed by atoms with Crippen molar-refractivity contribution in [2.45, 2.75) is 26.3 Å². The number of ether oxygens (including phenoxy) is 1. The van der Waals surface area contributed by atoms with Crippen LogP contribution in [0.25, 0.3) is 0 Å². The highest BCUT2D eigenvalue weighted by molar-refractivity contribution is 5.77. The first-order valence-electron chi connectivity index (χ1n) is 6.69. The topological polar surface area (TPSA) is 50.4 Å². The maximum atomic E-state index is 11.6. The molecule has 0 aliphatic carbocycles. The third kappa shape index (κ3) is 6.36. The molecule has 0 aliphatic heterocycles. The number of rotatable bonds is 8. The highest BCUT2D eigenvalue weighted by Gasteiger charge is 2.06. The zero-order valence-electron chi connectivity index (χ0n) is 12.0. The molecule has 19 heavy (non-hydrogen) atoms. The molecule has 0 fully saturated rings. The first-order chi connectivity index (χ1) is 9.13. The molecule has 0 spiro atoms. The van der Waals surface area contributed by atoms with Crippen molar-refractivity contribution in [1.82, 2.24) is 10.6 Å². The van der Waals surface area contributed by atoms with E-state index in [4.69, 9.17) is 4.74 Å². The Bertz CT molecular complexity index is 376. The van der Waals surface area contributed by atoms with E-state index in [2.05, 4.69) is 48.7 Å². The summed E-state index contributed by atoms with van der Waals surface area (Å²) >= 11 is 0. The van der Waals surface area contributed by atoms with E-state index in [1.54, 1.807) is 7.11 Å². The molecule has 0 saturated carbocycles. The number of methoxy groups -OCH3 is 1. The van der Waals surface area contributed by atoms with Crippen molar-refractivity contribution in [3.8, 4) is 0 Å². The molecule has 106 valence electrons. The second-order valence-corrected chi connectivity index (χ2v) is 4.71. The summed E-state index contributed by atoms with van der Waals surface area (Å²) < 4.78 is 4.92. The van der Waals surface area contributed by atoms with E-state index in [1.807, 2.05) is 0 Å². The minimum Gasteiger partial charge on any atom is -0.385 e. The molecule has 1 aromatic rings. The Balaban J connectivity index is 2.24.